The summed E-state index contributed by atoms with van der Waals surface area (Å²) in [5.41, 5.74) is 0.765. The molecule has 29 heavy (non-hydrogen) atoms. The molecule has 1 aliphatic heterocycles. The Bertz CT molecular complexity index is 929. The average molecular weight is 482 g/mol. The van der Waals surface area contributed by atoms with Crippen LogP contribution in [0.5, 0.6) is 0 Å². The molecule has 2 aromatic rings. The van der Waals surface area contributed by atoms with Crippen LogP contribution in [0, 0.1) is 0 Å². The predicted octanol–water partition coefficient (Wildman–Crippen LogP) is 2.70. The summed E-state index contributed by atoms with van der Waals surface area (Å²) in [7, 11) is -3.79. The zero-order valence-electron chi connectivity index (χ0n) is 15.9. The maximum absolute atomic E-state index is 12.6. The number of hydrogen-bond donors (Lipinski definition) is 2. The molecular weight excluding hydrogens is 458 g/mol. The molecular formula is C20H24BrN3O4S. The number of nitrogens with zero attached hydrogens (tertiary/aromatic N) is 1. The fourth-order valence-electron chi connectivity index (χ4n) is 2.97. The second-order valence-electron chi connectivity index (χ2n) is 6.70. The second kappa shape index (κ2) is 10.2. The van der Waals surface area contributed by atoms with Gasteiger partial charge in [-0.15, -0.1) is 0 Å². The summed E-state index contributed by atoms with van der Waals surface area (Å²) in [5.74, 6) is -0.285. The molecule has 1 aliphatic rings. The Balaban J connectivity index is 1.56. The predicted molar refractivity (Wildman–Crippen MR) is 116 cm³/mol. The van der Waals surface area contributed by atoms with E-state index in [0.29, 0.717) is 17.8 Å². The van der Waals surface area contributed by atoms with Gasteiger partial charge in [0.1, 0.15) is 0 Å². The monoisotopic (exact) mass is 481 g/mol. The Kier molecular flexibility index (Phi) is 7.65. The molecule has 0 saturated carbocycles. The summed E-state index contributed by atoms with van der Waals surface area (Å²) >= 11 is 3.31. The maximum Gasteiger partial charge on any atom is 0.261 e. The molecule has 156 valence electrons. The maximum atomic E-state index is 12.6. The number of sulfonamides is 1. The number of halogens is 1. The summed E-state index contributed by atoms with van der Waals surface area (Å²) in [4.78, 5) is 14.8. The standard InChI is InChI=1S/C20H24BrN3O4S/c21-17-5-7-18(8-6-17)23-29(26,27)19-4-1-3-16(15-19)20(25)22-9-2-10-24-11-13-28-14-12-24/h1,3-8,15,23H,2,9-14H2,(H,22,25). The number of nitrogens with one attached hydrogen (secondary N) is 2. The van der Waals surface area contributed by atoms with Gasteiger partial charge < -0.3 is 10.1 Å². The quantitative estimate of drug-likeness (QED) is 0.565. The molecule has 0 radical (unpaired) electrons. The summed E-state index contributed by atoms with van der Waals surface area (Å²) < 4.78 is 33.9. The first kappa shape index (κ1) is 21.8. The van der Waals surface area contributed by atoms with Gasteiger partial charge in [-0.2, -0.15) is 0 Å². The van der Waals surface area contributed by atoms with E-state index in [0.717, 1.165) is 43.7 Å². The molecule has 0 aliphatic carbocycles. The smallest absolute Gasteiger partial charge is 0.261 e. The summed E-state index contributed by atoms with van der Waals surface area (Å²) in [6, 6.07) is 12.8. The molecule has 1 heterocycles. The fourth-order valence-corrected chi connectivity index (χ4v) is 4.34. The third-order valence-electron chi connectivity index (χ3n) is 4.54. The third kappa shape index (κ3) is 6.53. The van der Waals surface area contributed by atoms with Crippen molar-refractivity contribution in [3.63, 3.8) is 0 Å². The highest BCUT2D eigenvalue weighted by Gasteiger charge is 2.17. The highest BCUT2D eigenvalue weighted by Crippen LogP contribution is 2.19. The lowest BCUT2D eigenvalue weighted by molar-refractivity contribution is 0.0374. The molecule has 0 atom stereocenters. The number of morpholine rings is 1. The SMILES string of the molecule is O=C(NCCCN1CCOCC1)c1cccc(S(=O)(=O)Nc2ccc(Br)cc2)c1. The van der Waals surface area contributed by atoms with Crippen molar-refractivity contribution in [2.75, 3.05) is 44.1 Å². The zero-order valence-corrected chi connectivity index (χ0v) is 18.3. The highest BCUT2D eigenvalue weighted by molar-refractivity contribution is 9.10. The van der Waals surface area contributed by atoms with Crippen molar-refractivity contribution in [3.05, 3.63) is 58.6 Å². The fraction of sp³-hybridized carbons (Fsp3) is 0.350. The molecule has 1 fully saturated rings. The van der Waals surface area contributed by atoms with Gasteiger partial charge in [0.05, 0.1) is 18.1 Å². The van der Waals surface area contributed by atoms with E-state index in [9.17, 15) is 13.2 Å². The molecule has 3 rings (SSSR count). The molecule has 1 amide bonds. The van der Waals surface area contributed by atoms with Crippen LogP contribution in [-0.2, 0) is 14.8 Å². The lowest BCUT2D eigenvalue weighted by atomic mass is 10.2. The van der Waals surface area contributed by atoms with Gasteiger partial charge in [0, 0.05) is 35.4 Å². The number of carbonyl (C=O) groups is 1. The Morgan fingerprint density at radius 3 is 2.55 bits per heavy atom. The highest BCUT2D eigenvalue weighted by atomic mass is 79.9. The van der Waals surface area contributed by atoms with E-state index in [1.165, 1.54) is 12.1 Å². The molecule has 0 aromatic heterocycles. The van der Waals surface area contributed by atoms with Gasteiger partial charge in [-0.1, -0.05) is 22.0 Å². The van der Waals surface area contributed by atoms with E-state index in [2.05, 4.69) is 30.9 Å². The van der Waals surface area contributed by atoms with Crippen LogP contribution in [-0.4, -0.2) is 58.6 Å². The van der Waals surface area contributed by atoms with Gasteiger partial charge in [0.15, 0.2) is 0 Å². The number of benzene rings is 2. The van der Waals surface area contributed by atoms with Crippen molar-refractivity contribution in [3.8, 4) is 0 Å². The van der Waals surface area contributed by atoms with Crippen molar-refractivity contribution >= 4 is 37.5 Å². The minimum atomic E-state index is -3.79. The van der Waals surface area contributed by atoms with Crippen LogP contribution < -0.4 is 10.0 Å². The molecule has 7 nitrogen and oxygen atoms in total. The average Bonchev–Trinajstić information content (AvgIpc) is 2.73. The third-order valence-corrected chi connectivity index (χ3v) is 6.45. The van der Waals surface area contributed by atoms with Crippen LogP contribution in [0.25, 0.3) is 0 Å². The van der Waals surface area contributed by atoms with Crippen LogP contribution in [0.3, 0.4) is 0 Å². The summed E-state index contributed by atoms with van der Waals surface area (Å²) in [6.07, 6.45) is 0.828. The van der Waals surface area contributed by atoms with Crippen molar-refractivity contribution < 1.29 is 17.9 Å². The van der Waals surface area contributed by atoms with Gasteiger partial charge in [0.25, 0.3) is 15.9 Å². The first-order valence-electron chi connectivity index (χ1n) is 9.41. The Labute approximate surface area is 179 Å². The van der Waals surface area contributed by atoms with Gasteiger partial charge in [-0.3, -0.25) is 14.4 Å². The lowest BCUT2D eigenvalue weighted by Gasteiger charge is -2.26. The summed E-state index contributed by atoms with van der Waals surface area (Å²) in [6.45, 7) is 4.77. The number of hydrogen-bond acceptors (Lipinski definition) is 5. The number of carbonyl (C=O) groups excluding carboxylic acids is 1. The van der Waals surface area contributed by atoms with Crippen molar-refractivity contribution in [2.24, 2.45) is 0 Å². The van der Waals surface area contributed by atoms with E-state index in [1.807, 2.05) is 0 Å². The number of amides is 1. The zero-order chi connectivity index (χ0) is 20.7. The minimum Gasteiger partial charge on any atom is -0.379 e. The molecule has 9 heteroatoms. The van der Waals surface area contributed by atoms with E-state index in [1.54, 1.807) is 36.4 Å². The van der Waals surface area contributed by atoms with E-state index in [4.69, 9.17) is 4.74 Å². The van der Waals surface area contributed by atoms with E-state index in [-0.39, 0.29) is 10.8 Å². The number of ether oxygens (including phenoxy) is 1. The Morgan fingerprint density at radius 2 is 1.83 bits per heavy atom. The van der Waals surface area contributed by atoms with Gasteiger partial charge >= 0.3 is 0 Å². The Morgan fingerprint density at radius 1 is 1.10 bits per heavy atom. The normalized spacial score (nSPS) is 15.1. The van der Waals surface area contributed by atoms with Crippen LogP contribution in [0.4, 0.5) is 5.69 Å². The molecule has 0 unspecified atom stereocenters. The number of anilines is 1. The van der Waals surface area contributed by atoms with Crippen LogP contribution in [0.15, 0.2) is 57.9 Å². The van der Waals surface area contributed by atoms with Crippen molar-refractivity contribution in [2.45, 2.75) is 11.3 Å². The van der Waals surface area contributed by atoms with Gasteiger partial charge in [-0.05, 0) is 55.4 Å². The van der Waals surface area contributed by atoms with Crippen molar-refractivity contribution in [1.82, 2.24) is 10.2 Å². The molecule has 1 saturated heterocycles. The Hall–Kier alpha value is -1.94. The molecule has 0 spiro atoms. The minimum absolute atomic E-state index is 0.0429. The molecule has 0 bridgehead atoms. The largest absolute Gasteiger partial charge is 0.379 e. The first-order chi connectivity index (χ1) is 13.9. The van der Waals surface area contributed by atoms with E-state index >= 15 is 0 Å². The number of rotatable bonds is 8. The lowest BCUT2D eigenvalue weighted by Crippen LogP contribution is -2.38. The van der Waals surface area contributed by atoms with Crippen molar-refractivity contribution in [1.29, 1.82) is 0 Å². The first-order valence-corrected chi connectivity index (χ1v) is 11.7. The second-order valence-corrected chi connectivity index (χ2v) is 9.30. The molecule has 2 N–H and O–H groups in total. The molecule has 2 aromatic carbocycles. The van der Waals surface area contributed by atoms with Gasteiger partial charge in [0.2, 0.25) is 0 Å². The van der Waals surface area contributed by atoms with Crippen LogP contribution in [0.2, 0.25) is 0 Å². The van der Waals surface area contributed by atoms with E-state index < -0.39 is 10.0 Å². The summed E-state index contributed by atoms with van der Waals surface area (Å²) in [5, 5.41) is 2.86. The van der Waals surface area contributed by atoms with Crippen LogP contribution in [0.1, 0.15) is 16.8 Å². The van der Waals surface area contributed by atoms with Crippen LogP contribution >= 0.6 is 15.9 Å². The topological polar surface area (TPSA) is 87.7 Å². The van der Waals surface area contributed by atoms with Gasteiger partial charge in [-0.25, -0.2) is 8.42 Å².